The average Bonchev–Trinajstić information content (AvgIpc) is 2.35. The van der Waals surface area contributed by atoms with Crippen LogP contribution in [-0.4, -0.2) is 25.5 Å². The highest BCUT2D eigenvalue weighted by atomic mass is 35.5. The lowest BCUT2D eigenvalue weighted by atomic mass is 10.1. The summed E-state index contributed by atoms with van der Waals surface area (Å²) >= 11 is 5.63. The van der Waals surface area contributed by atoms with Gasteiger partial charge in [-0.2, -0.15) is 8.78 Å². The molecule has 0 saturated carbocycles. The molecule has 0 saturated heterocycles. The van der Waals surface area contributed by atoms with Crippen LogP contribution in [0, 0.1) is 0 Å². The molecule has 0 spiro atoms. The minimum absolute atomic E-state index is 0.0795. The summed E-state index contributed by atoms with van der Waals surface area (Å²) in [5.74, 6) is -4.91. The van der Waals surface area contributed by atoms with Crippen LogP contribution in [0.1, 0.15) is 12.5 Å². The number of carbonyl (C=O) groups excluding carboxylic acids is 1. The zero-order chi connectivity index (χ0) is 13.8. The molecule has 2 N–H and O–H groups in total. The van der Waals surface area contributed by atoms with Crippen LogP contribution in [-0.2, 0) is 10.7 Å². The quantitative estimate of drug-likeness (QED) is 0.865. The van der Waals surface area contributed by atoms with Gasteiger partial charge in [0, 0.05) is 23.2 Å². The highest BCUT2D eigenvalue weighted by Gasteiger charge is 2.40. The van der Waals surface area contributed by atoms with Crippen molar-refractivity contribution in [2.45, 2.75) is 18.9 Å². The predicted molar refractivity (Wildman–Crippen MR) is 66.9 cm³/mol. The van der Waals surface area contributed by atoms with Crippen molar-refractivity contribution in [1.82, 2.24) is 10.6 Å². The molecule has 0 fully saturated rings. The molecule has 3 nitrogen and oxygen atoms in total. The fourth-order valence-corrected chi connectivity index (χ4v) is 1.46. The fourth-order valence-electron chi connectivity index (χ4n) is 1.27. The highest BCUT2D eigenvalue weighted by Crippen LogP contribution is 2.29. The van der Waals surface area contributed by atoms with Gasteiger partial charge in [-0.15, -0.1) is 0 Å². The molecule has 6 heteroatoms. The van der Waals surface area contributed by atoms with E-state index in [9.17, 15) is 13.6 Å². The lowest BCUT2D eigenvalue weighted by molar-refractivity contribution is -0.147. The van der Waals surface area contributed by atoms with Crippen molar-refractivity contribution in [2.75, 3.05) is 13.6 Å². The van der Waals surface area contributed by atoms with E-state index in [0.29, 0.717) is 0 Å². The summed E-state index contributed by atoms with van der Waals surface area (Å²) in [5.41, 5.74) is -0.412. The van der Waals surface area contributed by atoms with Gasteiger partial charge in [0.15, 0.2) is 0 Å². The molecule has 1 rings (SSSR count). The van der Waals surface area contributed by atoms with Gasteiger partial charge in [-0.3, -0.25) is 4.79 Å². The maximum absolute atomic E-state index is 13.8. The van der Waals surface area contributed by atoms with Crippen LogP contribution in [0.5, 0.6) is 0 Å². The minimum Gasteiger partial charge on any atom is -0.349 e. The number of nitrogens with one attached hydrogen (secondary N) is 2. The third kappa shape index (κ3) is 3.65. The molecule has 0 aromatic heterocycles. The SMILES string of the molecule is CNC(C)CNC(=O)C(F)(F)c1cccc(Cl)c1. The Kier molecular flexibility index (Phi) is 5.04. The summed E-state index contributed by atoms with van der Waals surface area (Å²) < 4.78 is 27.6. The summed E-state index contributed by atoms with van der Waals surface area (Å²) in [6.45, 7) is 1.91. The van der Waals surface area contributed by atoms with E-state index >= 15 is 0 Å². The molecular formula is C12H15ClF2N2O. The van der Waals surface area contributed by atoms with Gasteiger partial charge < -0.3 is 10.6 Å². The molecule has 0 aliphatic heterocycles. The summed E-state index contributed by atoms with van der Waals surface area (Å²) in [6.07, 6.45) is 0. The van der Waals surface area contributed by atoms with Gasteiger partial charge in [0.25, 0.3) is 5.91 Å². The Bertz CT molecular complexity index is 426. The first-order valence-electron chi connectivity index (χ1n) is 5.47. The number of halogens is 3. The maximum Gasteiger partial charge on any atom is 0.349 e. The molecule has 1 atom stereocenters. The molecule has 100 valence electrons. The molecule has 1 amide bonds. The zero-order valence-electron chi connectivity index (χ0n) is 10.1. The average molecular weight is 277 g/mol. The summed E-state index contributed by atoms with van der Waals surface area (Å²) in [7, 11) is 1.69. The van der Waals surface area contributed by atoms with E-state index in [1.54, 1.807) is 14.0 Å². The largest absolute Gasteiger partial charge is 0.349 e. The Hall–Kier alpha value is -1.20. The minimum atomic E-state index is -3.58. The first-order valence-corrected chi connectivity index (χ1v) is 5.85. The highest BCUT2D eigenvalue weighted by molar-refractivity contribution is 6.30. The monoisotopic (exact) mass is 276 g/mol. The van der Waals surface area contributed by atoms with Crippen LogP contribution >= 0.6 is 11.6 Å². The smallest absolute Gasteiger partial charge is 0.349 e. The van der Waals surface area contributed by atoms with Crippen LogP contribution in [0.4, 0.5) is 8.78 Å². The van der Waals surface area contributed by atoms with Gasteiger partial charge in [-0.05, 0) is 26.1 Å². The van der Waals surface area contributed by atoms with Crippen molar-refractivity contribution in [2.24, 2.45) is 0 Å². The number of alkyl halides is 2. The van der Waals surface area contributed by atoms with Gasteiger partial charge in [0.05, 0.1) is 0 Å². The number of amides is 1. The Labute approximate surface area is 110 Å². The number of benzene rings is 1. The van der Waals surface area contributed by atoms with Gasteiger partial charge >= 0.3 is 5.92 Å². The van der Waals surface area contributed by atoms with Gasteiger partial charge in [0.2, 0.25) is 0 Å². The molecule has 0 aliphatic rings. The van der Waals surface area contributed by atoms with Crippen LogP contribution in [0.25, 0.3) is 0 Å². The van der Waals surface area contributed by atoms with E-state index in [-0.39, 0.29) is 17.6 Å². The van der Waals surface area contributed by atoms with E-state index in [4.69, 9.17) is 11.6 Å². The van der Waals surface area contributed by atoms with E-state index in [1.165, 1.54) is 18.2 Å². The summed E-state index contributed by atoms with van der Waals surface area (Å²) in [5, 5.41) is 5.21. The summed E-state index contributed by atoms with van der Waals surface area (Å²) in [4.78, 5) is 11.5. The number of carbonyl (C=O) groups is 1. The van der Waals surface area contributed by atoms with Crippen molar-refractivity contribution in [3.05, 3.63) is 34.9 Å². The Morgan fingerprint density at radius 3 is 2.72 bits per heavy atom. The van der Waals surface area contributed by atoms with Crippen LogP contribution in [0.15, 0.2) is 24.3 Å². The number of hydrogen-bond acceptors (Lipinski definition) is 2. The molecule has 0 heterocycles. The first-order chi connectivity index (χ1) is 8.37. The second kappa shape index (κ2) is 6.11. The van der Waals surface area contributed by atoms with Crippen molar-refractivity contribution >= 4 is 17.5 Å². The van der Waals surface area contributed by atoms with E-state index in [0.717, 1.165) is 6.07 Å². The Balaban J connectivity index is 2.76. The topological polar surface area (TPSA) is 41.1 Å². The maximum atomic E-state index is 13.8. The zero-order valence-corrected chi connectivity index (χ0v) is 10.9. The normalized spacial score (nSPS) is 13.2. The molecule has 0 bridgehead atoms. The van der Waals surface area contributed by atoms with Gasteiger partial charge in [-0.25, -0.2) is 0 Å². The van der Waals surface area contributed by atoms with E-state index in [1.807, 2.05) is 0 Å². The predicted octanol–water partition coefficient (Wildman–Crippen LogP) is 2.16. The van der Waals surface area contributed by atoms with E-state index in [2.05, 4.69) is 10.6 Å². The van der Waals surface area contributed by atoms with Crippen LogP contribution in [0.2, 0.25) is 5.02 Å². The summed E-state index contributed by atoms with van der Waals surface area (Å²) in [6, 6.07) is 5.04. The fraction of sp³-hybridized carbons (Fsp3) is 0.417. The Morgan fingerprint density at radius 1 is 1.50 bits per heavy atom. The lowest BCUT2D eigenvalue weighted by Gasteiger charge is -2.18. The number of rotatable bonds is 5. The third-order valence-electron chi connectivity index (χ3n) is 2.53. The molecular weight excluding hydrogens is 262 g/mol. The molecule has 0 radical (unpaired) electrons. The van der Waals surface area contributed by atoms with Gasteiger partial charge in [-0.1, -0.05) is 23.7 Å². The second-order valence-corrected chi connectivity index (χ2v) is 4.42. The van der Waals surface area contributed by atoms with Crippen molar-refractivity contribution < 1.29 is 13.6 Å². The third-order valence-corrected chi connectivity index (χ3v) is 2.77. The number of hydrogen-bond donors (Lipinski definition) is 2. The lowest BCUT2D eigenvalue weighted by Crippen LogP contribution is -2.43. The molecule has 0 aliphatic carbocycles. The van der Waals surface area contributed by atoms with Crippen molar-refractivity contribution in [3.8, 4) is 0 Å². The number of likely N-dealkylation sites (N-methyl/N-ethyl adjacent to an activating group) is 1. The molecule has 1 aromatic rings. The second-order valence-electron chi connectivity index (χ2n) is 3.98. The molecule has 1 aromatic carbocycles. The standard InChI is InChI=1S/C12H15ClF2N2O/c1-8(16-2)7-17-11(18)12(14,15)9-4-3-5-10(13)6-9/h3-6,8,16H,7H2,1-2H3,(H,17,18). The van der Waals surface area contributed by atoms with Crippen LogP contribution in [0.3, 0.4) is 0 Å². The van der Waals surface area contributed by atoms with Crippen molar-refractivity contribution in [1.29, 1.82) is 0 Å². The van der Waals surface area contributed by atoms with Crippen molar-refractivity contribution in [3.63, 3.8) is 0 Å². The molecule has 18 heavy (non-hydrogen) atoms. The van der Waals surface area contributed by atoms with Gasteiger partial charge in [0.1, 0.15) is 0 Å². The van der Waals surface area contributed by atoms with Crippen LogP contribution < -0.4 is 10.6 Å². The first kappa shape index (κ1) is 14.9. The molecule has 1 unspecified atom stereocenters. The van der Waals surface area contributed by atoms with E-state index < -0.39 is 17.4 Å². The Morgan fingerprint density at radius 2 is 2.17 bits per heavy atom.